The van der Waals surface area contributed by atoms with Crippen LogP contribution in [0.3, 0.4) is 0 Å². The molecule has 1 fully saturated rings. The van der Waals surface area contributed by atoms with Crippen molar-refractivity contribution in [2.24, 2.45) is 5.92 Å². The average Bonchev–Trinajstić information content (AvgIpc) is 2.41. The maximum Gasteiger partial charge on any atom is 0.223 e. The Bertz CT molecular complexity index is 273. The molecule has 0 aromatic rings. The predicted octanol–water partition coefficient (Wildman–Crippen LogP) is 0.791. The highest BCUT2D eigenvalue weighted by molar-refractivity contribution is 5.78. The summed E-state index contributed by atoms with van der Waals surface area (Å²) in [5, 5.41) is 3.04. The second kappa shape index (κ2) is 6.77. The van der Waals surface area contributed by atoms with E-state index < -0.39 is 0 Å². The third-order valence-electron chi connectivity index (χ3n) is 3.47. The summed E-state index contributed by atoms with van der Waals surface area (Å²) in [5.74, 6) is 0.423. The molecule has 1 saturated heterocycles. The Morgan fingerprint density at radius 3 is 2.88 bits per heavy atom. The van der Waals surface area contributed by atoms with Crippen molar-refractivity contribution in [2.45, 2.75) is 19.3 Å². The highest BCUT2D eigenvalue weighted by atomic mass is 16.5. The first-order valence-electron chi connectivity index (χ1n) is 6.59. The van der Waals surface area contributed by atoms with Crippen LogP contribution in [0.25, 0.3) is 0 Å². The fraction of sp³-hybridized carbons (Fsp3) is 0.769. The van der Waals surface area contributed by atoms with E-state index in [-0.39, 0.29) is 11.8 Å². The Labute approximate surface area is 103 Å². The third kappa shape index (κ3) is 4.13. The van der Waals surface area contributed by atoms with Crippen molar-refractivity contribution < 1.29 is 9.53 Å². The molecule has 1 aliphatic heterocycles. The summed E-state index contributed by atoms with van der Waals surface area (Å²) in [7, 11) is 0. The lowest BCUT2D eigenvalue weighted by molar-refractivity contribution is -0.125. The van der Waals surface area contributed by atoms with Gasteiger partial charge in [-0.25, -0.2) is 0 Å². The number of rotatable bonds is 4. The molecule has 1 atom stereocenters. The van der Waals surface area contributed by atoms with Crippen LogP contribution in [-0.2, 0) is 9.53 Å². The molecule has 1 N–H and O–H groups in total. The van der Waals surface area contributed by atoms with Crippen molar-refractivity contribution in [2.75, 3.05) is 39.4 Å². The number of ether oxygens (including phenoxy) is 1. The zero-order chi connectivity index (χ0) is 11.9. The third-order valence-corrected chi connectivity index (χ3v) is 3.47. The molecular formula is C13H22N2O2. The average molecular weight is 238 g/mol. The standard InChI is InChI=1S/C13H22N2O2/c16-13(12-4-2-1-3-5-12)14-6-7-15-8-10-17-11-9-15/h1-2,12H,3-11H2,(H,14,16). The Balaban J connectivity index is 1.60. The van der Waals surface area contributed by atoms with Crippen LogP contribution in [0.5, 0.6) is 0 Å². The second-order valence-corrected chi connectivity index (χ2v) is 4.73. The summed E-state index contributed by atoms with van der Waals surface area (Å²) in [6.07, 6.45) is 7.23. The summed E-state index contributed by atoms with van der Waals surface area (Å²) >= 11 is 0. The van der Waals surface area contributed by atoms with Crippen LogP contribution in [-0.4, -0.2) is 50.2 Å². The minimum Gasteiger partial charge on any atom is -0.379 e. The van der Waals surface area contributed by atoms with E-state index in [2.05, 4.69) is 22.4 Å². The van der Waals surface area contributed by atoms with Crippen molar-refractivity contribution in [3.63, 3.8) is 0 Å². The normalized spacial score (nSPS) is 25.8. The van der Waals surface area contributed by atoms with Crippen molar-refractivity contribution in [1.29, 1.82) is 0 Å². The molecular weight excluding hydrogens is 216 g/mol. The first-order chi connectivity index (χ1) is 8.36. The number of amides is 1. The summed E-state index contributed by atoms with van der Waals surface area (Å²) in [4.78, 5) is 14.2. The molecule has 1 aliphatic carbocycles. The Hall–Kier alpha value is -0.870. The number of hydrogen-bond donors (Lipinski definition) is 1. The number of carbonyl (C=O) groups excluding carboxylic acids is 1. The summed E-state index contributed by atoms with van der Waals surface area (Å²) in [6, 6.07) is 0. The zero-order valence-electron chi connectivity index (χ0n) is 10.4. The number of hydrogen-bond acceptors (Lipinski definition) is 3. The number of carbonyl (C=O) groups is 1. The van der Waals surface area contributed by atoms with Crippen LogP contribution in [0.1, 0.15) is 19.3 Å². The van der Waals surface area contributed by atoms with Crippen LogP contribution in [0.4, 0.5) is 0 Å². The number of morpholine rings is 1. The van der Waals surface area contributed by atoms with Gasteiger partial charge in [0, 0.05) is 32.1 Å². The van der Waals surface area contributed by atoms with Crippen LogP contribution in [0.2, 0.25) is 0 Å². The molecule has 4 nitrogen and oxygen atoms in total. The maximum atomic E-state index is 11.9. The lowest BCUT2D eigenvalue weighted by atomic mass is 9.94. The van der Waals surface area contributed by atoms with Gasteiger partial charge in [-0.15, -0.1) is 0 Å². The van der Waals surface area contributed by atoms with E-state index in [9.17, 15) is 4.79 Å². The van der Waals surface area contributed by atoms with Gasteiger partial charge in [0.15, 0.2) is 0 Å². The van der Waals surface area contributed by atoms with E-state index in [0.717, 1.165) is 58.7 Å². The zero-order valence-corrected chi connectivity index (χ0v) is 10.4. The van der Waals surface area contributed by atoms with Crippen molar-refractivity contribution in [1.82, 2.24) is 10.2 Å². The van der Waals surface area contributed by atoms with Crippen molar-refractivity contribution >= 4 is 5.91 Å². The van der Waals surface area contributed by atoms with E-state index in [1.807, 2.05) is 0 Å². The number of nitrogens with zero attached hydrogens (tertiary/aromatic N) is 1. The molecule has 17 heavy (non-hydrogen) atoms. The van der Waals surface area contributed by atoms with Gasteiger partial charge in [-0.05, 0) is 19.3 Å². The molecule has 0 saturated carbocycles. The molecule has 2 rings (SSSR count). The van der Waals surface area contributed by atoms with E-state index in [4.69, 9.17) is 4.74 Å². The van der Waals surface area contributed by atoms with Crippen LogP contribution in [0, 0.1) is 5.92 Å². The van der Waals surface area contributed by atoms with Gasteiger partial charge in [0.25, 0.3) is 0 Å². The van der Waals surface area contributed by atoms with Gasteiger partial charge < -0.3 is 10.1 Å². The van der Waals surface area contributed by atoms with Gasteiger partial charge >= 0.3 is 0 Å². The van der Waals surface area contributed by atoms with E-state index in [1.54, 1.807) is 0 Å². The van der Waals surface area contributed by atoms with E-state index in [0.29, 0.717) is 0 Å². The topological polar surface area (TPSA) is 41.6 Å². The molecule has 1 heterocycles. The predicted molar refractivity (Wildman–Crippen MR) is 66.7 cm³/mol. The molecule has 0 bridgehead atoms. The first-order valence-corrected chi connectivity index (χ1v) is 6.59. The van der Waals surface area contributed by atoms with Gasteiger partial charge in [0.1, 0.15) is 0 Å². The fourth-order valence-corrected chi connectivity index (χ4v) is 2.34. The van der Waals surface area contributed by atoms with Crippen molar-refractivity contribution in [3.8, 4) is 0 Å². The van der Waals surface area contributed by atoms with Gasteiger partial charge in [-0.2, -0.15) is 0 Å². The molecule has 1 amide bonds. The van der Waals surface area contributed by atoms with Gasteiger partial charge in [-0.3, -0.25) is 9.69 Å². The highest BCUT2D eigenvalue weighted by Crippen LogP contribution is 2.17. The summed E-state index contributed by atoms with van der Waals surface area (Å²) in [6.45, 7) is 5.32. The molecule has 4 heteroatoms. The smallest absolute Gasteiger partial charge is 0.223 e. The van der Waals surface area contributed by atoms with E-state index >= 15 is 0 Å². The molecule has 0 radical (unpaired) electrons. The van der Waals surface area contributed by atoms with Crippen LogP contribution < -0.4 is 5.32 Å². The Kier molecular flexibility index (Phi) is 5.01. The van der Waals surface area contributed by atoms with Gasteiger partial charge in [0.2, 0.25) is 5.91 Å². The SMILES string of the molecule is O=C(NCCN1CCOCC1)C1CC=CCC1. The molecule has 1 unspecified atom stereocenters. The Morgan fingerprint density at radius 2 is 2.18 bits per heavy atom. The minimum absolute atomic E-state index is 0.199. The lowest BCUT2D eigenvalue weighted by Gasteiger charge is -2.27. The second-order valence-electron chi connectivity index (χ2n) is 4.73. The highest BCUT2D eigenvalue weighted by Gasteiger charge is 2.18. The van der Waals surface area contributed by atoms with Crippen molar-refractivity contribution in [3.05, 3.63) is 12.2 Å². The molecule has 0 spiro atoms. The maximum absolute atomic E-state index is 11.9. The first kappa shape index (κ1) is 12.6. The van der Waals surface area contributed by atoms with Crippen LogP contribution >= 0.6 is 0 Å². The molecule has 0 aromatic heterocycles. The Morgan fingerprint density at radius 1 is 1.35 bits per heavy atom. The summed E-state index contributed by atoms with van der Waals surface area (Å²) < 4.78 is 5.29. The largest absolute Gasteiger partial charge is 0.379 e. The van der Waals surface area contributed by atoms with Gasteiger partial charge in [0.05, 0.1) is 13.2 Å². The van der Waals surface area contributed by atoms with Crippen LogP contribution in [0.15, 0.2) is 12.2 Å². The van der Waals surface area contributed by atoms with E-state index in [1.165, 1.54) is 0 Å². The molecule has 0 aromatic carbocycles. The summed E-state index contributed by atoms with van der Waals surface area (Å²) in [5.41, 5.74) is 0. The number of allylic oxidation sites excluding steroid dienone is 2. The van der Waals surface area contributed by atoms with Gasteiger partial charge in [-0.1, -0.05) is 12.2 Å². The lowest BCUT2D eigenvalue weighted by Crippen LogP contribution is -2.42. The minimum atomic E-state index is 0.199. The number of nitrogens with one attached hydrogen (secondary N) is 1. The fourth-order valence-electron chi connectivity index (χ4n) is 2.34. The molecule has 96 valence electrons. The quantitative estimate of drug-likeness (QED) is 0.736. The molecule has 2 aliphatic rings. The monoisotopic (exact) mass is 238 g/mol.